The van der Waals surface area contributed by atoms with Crippen molar-refractivity contribution in [2.45, 2.75) is 26.5 Å². The number of ketones is 1. The number of carbonyl (C=O) groups is 3. The predicted octanol–water partition coefficient (Wildman–Crippen LogP) is 2.29. The smallest absolute Gasteiger partial charge is 0.414 e. The first-order valence-electron chi connectivity index (χ1n) is 7.42. The van der Waals surface area contributed by atoms with Crippen LogP contribution in [0, 0.1) is 5.92 Å². The molecule has 0 bridgehead atoms. The van der Waals surface area contributed by atoms with E-state index >= 15 is 0 Å². The van der Waals surface area contributed by atoms with Gasteiger partial charge in [-0.1, -0.05) is 30.3 Å². The van der Waals surface area contributed by atoms with Gasteiger partial charge in [0.25, 0.3) is 0 Å². The van der Waals surface area contributed by atoms with Crippen LogP contribution in [0.15, 0.2) is 42.6 Å². The number of esters is 1. The highest BCUT2D eigenvalue weighted by Gasteiger charge is 2.40. The monoisotopic (exact) mass is 317 g/mol. The summed E-state index contributed by atoms with van der Waals surface area (Å²) >= 11 is 0. The first-order chi connectivity index (χ1) is 11.0. The molecule has 0 fully saturated rings. The van der Waals surface area contributed by atoms with Gasteiger partial charge >= 0.3 is 12.1 Å². The zero-order valence-corrected chi connectivity index (χ0v) is 13.1. The number of hydrogen-bond donors (Lipinski definition) is 0. The van der Waals surface area contributed by atoms with Gasteiger partial charge in [-0.15, -0.1) is 0 Å². The maximum Gasteiger partial charge on any atom is 0.414 e. The lowest BCUT2D eigenvalue weighted by atomic mass is 9.92. The second-order valence-corrected chi connectivity index (χ2v) is 5.14. The number of rotatable bonds is 4. The van der Waals surface area contributed by atoms with Crippen molar-refractivity contribution in [1.29, 1.82) is 0 Å². The van der Waals surface area contributed by atoms with Gasteiger partial charge in [0.15, 0.2) is 5.78 Å². The third kappa shape index (κ3) is 3.97. The Bertz CT molecular complexity index is 611. The van der Waals surface area contributed by atoms with Crippen molar-refractivity contribution in [2.75, 3.05) is 6.61 Å². The van der Waals surface area contributed by atoms with Crippen LogP contribution < -0.4 is 0 Å². The minimum Gasteiger partial charge on any atom is -0.465 e. The number of benzene rings is 1. The Balaban J connectivity index is 2.03. The summed E-state index contributed by atoms with van der Waals surface area (Å²) in [5.74, 6) is -2.03. The average Bonchev–Trinajstić information content (AvgIpc) is 2.54. The van der Waals surface area contributed by atoms with Crippen LogP contribution in [0.25, 0.3) is 0 Å². The zero-order valence-electron chi connectivity index (χ0n) is 13.1. The maximum atomic E-state index is 12.2. The van der Waals surface area contributed by atoms with Crippen LogP contribution in [0.4, 0.5) is 4.79 Å². The molecule has 1 aliphatic heterocycles. The highest BCUT2D eigenvalue weighted by Crippen LogP contribution is 2.21. The zero-order chi connectivity index (χ0) is 16.8. The molecule has 1 aromatic rings. The van der Waals surface area contributed by atoms with Gasteiger partial charge in [-0.05, 0) is 25.5 Å². The van der Waals surface area contributed by atoms with E-state index in [-0.39, 0.29) is 19.0 Å². The van der Waals surface area contributed by atoms with Gasteiger partial charge in [0.05, 0.1) is 12.6 Å². The van der Waals surface area contributed by atoms with Gasteiger partial charge in [0.2, 0.25) is 0 Å². The summed E-state index contributed by atoms with van der Waals surface area (Å²) < 4.78 is 10.1. The Labute approximate surface area is 134 Å². The molecule has 2 rings (SSSR count). The van der Waals surface area contributed by atoms with Gasteiger partial charge in [-0.25, -0.2) is 4.79 Å². The molecular weight excluding hydrogens is 298 g/mol. The molecule has 1 aromatic carbocycles. The predicted molar refractivity (Wildman–Crippen MR) is 82.2 cm³/mol. The molecule has 23 heavy (non-hydrogen) atoms. The summed E-state index contributed by atoms with van der Waals surface area (Å²) in [4.78, 5) is 37.3. The molecule has 0 aromatic heterocycles. The molecule has 2 atom stereocenters. The number of nitrogens with zero attached hydrogens (tertiary/aromatic N) is 1. The highest BCUT2D eigenvalue weighted by atomic mass is 16.6. The second-order valence-electron chi connectivity index (χ2n) is 5.14. The molecule has 1 amide bonds. The molecule has 0 spiro atoms. The Kier molecular flexibility index (Phi) is 5.51. The van der Waals surface area contributed by atoms with Crippen molar-refractivity contribution in [3.05, 3.63) is 48.2 Å². The minimum atomic E-state index is -1.02. The topological polar surface area (TPSA) is 72.9 Å². The van der Waals surface area contributed by atoms with Crippen molar-refractivity contribution in [3.63, 3.8) is 0 Å². The normalized spacial score (nSPS) is 20.3. The van der Waals surface area contributed by atoms with Crippen molar-refractivity contribution in [1.82, 2.24) is 4.90 Å². The highest BCUT2D eigenvalue weighted by molar-refractivity contribution is 6.06. The first kappa shape index (κ1) is 16.7. The van der Waals surface area contributed by atoms with Gasteiger partial charge in [-0.2, -0.15) is 0 Å². The van der Waals surface area contributed by atoms with Crippen LogP contribution in [0.1, 0.15) is 19.4 Å². The van der Waals surface area contributed by atoms with Gasteiger partial charge < -0.3 is 9.47 Å². The summed E-state index contributed by atoms with van der Waals surface area (Å²) in [6, 6.07) is 8.59. The van der Waals surface area contributed by atoms with Crippen molar-refractivity contribution in [3.8, 4) is 0 Å². The molecular formula is C17H19NO5. The van der Waals surface area contributed by atoms with Crippen LogP contribution in [-0.2, 0) is 25.7 Å². The Morgan fingerprint density at radius 2 is 1.87 bits per heavy atom. The Morgan fingerprint density at radius 3 is 2.52 bits per heavy atom. The van der Waals surface area contributed by atoms with Crippen LogP contribution >= 0.6 is 0 Å². The van der Waals surface area contributed by atoms with Crippen LogP contribution in [0.2, 0.25) is 0 Å². The standard InChI is InChI=1S/C17H19NO5/c1-3-22-16(20)15-12(2)18(10-9-14(15)19)17(21)23-11-13-7-5-4-6-8-13/h4-10,12,15H,3,11H2,1-2H3. The summed E-state index contributed by atoms with van der Waals surface area (Å²) in [5.41, 5.74) is 0.854. The molecule has 0 radical (unpaired) electrons. The fourth-order valence-electron chi connectivity index (χ4n) is 2.36. The van der Waals surface area contributed by atoms with E-state index in [0.717, 1.165) is 5.56 Å². The van der Waals surface area contributed by atoms with Crippen LogP contribution in [0.5, 0.6) is 0 Å². The summed E-state index contributed by atoms with van der Waals surface area (Å²) in [5, 5.41) is 0. The number of carbonyl (C=O) groups excluding carboxylic acids is 3. The Hall–Kier alpha value is -2.63. The van der Waals surface area contributed by atoms with E-state index in [0.29, 0.717) is 0 Å². The summed E-state index contributed by atoms with van der Waals surface area (Å²) in [7, 11) is 0. The molecule has 0 N–H and O–H groups in total. The van der Waals surface area contributed by atoms with E-state index in [4.69, 9.17) is 9.47 Å². The number of allylic oxidation sites excluding steroid dienone is 1. The lowest BCUT2D eigenvalue weighted by Gasteiger charge is -2.32. The van der Waals surface area contributed by atoms with Crippen molar-refractivity contribution >= 4 is 17.8 Å². The SMILES string of the molecule is CCOC(=O)C1C(=O)C=CN(C(=O)OCc2ccccc2)C1C. The summed E-state index contributed by atoms with van der Waals surface area (Å²) in [6.45, 7) is 3.58. The summed E-state index contributed by atoms with van der Waals surface area (Å²) in [6.07, 6.45) is 1.93. The fourth-order valence-corrected chi connectivity index (χ4v) is 2.36. The number of amides is 1. The van der Waals surface area contributed by atoms with Gasteiger partial charge in [0, 0.05) is 6.20 Å². The number of hydrogen-bond acceptors (Lipinski definition) is 5. The molecule has 2 unspecified atom stereocenters. The maximum absolute atomic E-state index is 12.2. The third-order valence-electron chi connectivity index (χ3n) is 3.58. The third-order valence-corrected chi connectivity index (χ3v) is 3.58. The Morgan fingerprint density at radius 1 is 1.17 bits per heavy atom. The molecule has 0 saturated carbocycles. The van der Waals surface area contributed by atoms with Gasteiger partial charge in [-0.3, -0.25) is 14.5 Å². The van der Waals surface area contributed by atoms with Gasteiger partial charge in [0.1, 0.15) is 12.5 Å². The van der Waals surface area contributed by atoms with Crippen molar-refractivity contribution in [2.24, 2.45) is 5.92 Å². The minimum absolute atomic E-state index is 0.120. The van der Waals surface area contributed by atoms with E-state index in [1.54, 1.807) is 13.8 Å². The molecule has 1 aliphatic rings. The largest absolute Gasteiger partial charge is 0.465 e. The molecule has 6 nitrogen and oxygen atoms in total. The van der Waals surface area contributed by atoms with E-state index in [2.05, 4.69) is 0 Å². The molecule has 1 heterocycles. The fraction of sp³-hybridized carbons (Fsp3) is 0.353. The molecule has 122 valence electrons. The average molecular weight is 317 g/mol. The van der Waals surface area contributed by atoms with Crippen LogP contribution in [0.3, 0.4) is 0 Å². The lowest BCUT2D eigenvalue weighted by Crippen LogP contribution is -2.48. The van der Waals surface area contributed by atoms with E-state index in [1.807, 2.05) is 30.3 Å². The molecule has 6 heteroatoms. The van der Waals surface area contributed by atoms with E-state index in [1.165, 1.54) is 17.2 Å². The lowest BCUT2D eigenvalue weighted by molar-refractivity contribution is -0.152. The van der Waals surface area contributed by atoms with Crippen molar-refractivity contribution < 1.29 is 23.9 Å². The first-order valence-corrected chi connectivity index (χ1v) is 7.42. The number of ether oxygens (including phenoxy) is 2. The quantitative estimate of drug-likeness (QED) is 0.629. The molecule has 0 aliphatic carbocycles. The van der Waals surface area contributed by atoms with Crippen LogP contribution in [-0.4, -0.2) is 35.4 Å². The van der Waals surface area contributed by atoms with E-state index in [9.17, 15) is 14.4 Å². The second kappa shape index (κ2) is 7.58. The molecule has 0 saturated heterocycles. The van der Waals surface area contributed by atoms with E-state index < -0.39 is 24.0 Å².